The molecule has 122 valence electrons. The van der Waals surface area contributed by atoms with E-state index in [1.165, 1.54) is 18.2 Å². The lowest BCUT2D eigenvalue weighted by Crippen LogP contribution is -2.05. The molecule has 23 heavy (non-hydrogen) atoms. The third-order valence-corrected chi connectivity index (χ3v) is 3.80. The molecule has 0 aliphatic heterocycles. The van der Waals surface area contributed by atoms with Crippen molar-refractivity contribution < 1.29 is 17.6 Å². The van der Waals surface area contributed by atoms with Crippen molar-refractivity contribution in [3.8, 4) is 0 Å². The molecule has 0 atom stereocenters. The summed E-state index contributed by atoms with van der Waals surface area (Å²) in [6, 6.07) is 5.69. The van der Waals surface area contributed by atoms with Gasteiger partial charge in [-0.15, -0.1) is 0 Å². The van der Waals surface area contributed by atoms with E-state index in [1.54, 1.807) is 0 Å². The summed E-state index contributed by atoms with van der Waals surface area (Å²) in [5.41, 5.74) is 1.60. The fourth-order valence-electron chi connectivity index (χ4n) is 1.62. The number of rotatable bonds is 3. The Balaban J connectivity index is 2.24. The zero-order valence-corrected chi connectivity index (χ0v) is 14.2. The molecule has 0 aliphatic carbocycles. The van der Waals surface area contributed by atoms with Gasteiger partial charge in [-0.3, -0.25) is 5.43 Å². The molecule has 0 bridgehead atoms. The second-order valence-corrected chi connectivity index (χ2v) is 6.08. The van der Waals surface area contributed by atoms with Crippen LogP contribution in [-0.2, 0) is 6.18 Å². The molecule has 1 N–H and O–H groups in total. The zero-order chi connectivity index (χ0) is 17.2. The summed E-state index contributed by atoms with van der Waals surface area (Å²) in [5.74, 6) is -0.511. The molecule has 9 heteroatoms. The minimum Gasteiger partial charge on any atom is -0.275 e. The zero-order valence-electron chi connectivity index (χ0n) is 11.1. The highest BCUT2D eigenvalue weighted by atomic mass is 79.9. The van der Waals surface area contributed by atoms with E-state index in [2.05, 4.69) is 26.5 Å². The lowest BCUT2D eigenvalue weighted by atomic mass is 10.2. The maximum atomic E-state index is 13.5. The van der Waals surface area contributed by atoms with Crippen LogP contribution in [0.3, 0.4) is 0 Å². The van der Waals surface area contributed by atoms with Crippen molar-refractivity contribution in [2.45, 2.75) is 6.18 Å². The van der Waals surface area contributed by atoms with Gasteiger partial charge in [-0.2, -0.15) is 18.3 Å². The Morgan fingerprint density at radius 1 is 1.09 bits per heavy atom. The Morgan fingerprint density at radius 3 is 2.26 bits per heavy atom. The normalized spacial score (nSPS) is 12.0. The van der Waals surface area contributed by atoms with Crippen LogP contribution in [0.15, 0.2) is 39.9 Å². The lowest BCUT2D eigenvalue weighted by Gasteiger charge is -2.11. The second-order valence-electron chi connectivity index (χ2n) is 4.35. The lowest BCUT2D eigenvalue weighted by molar-refractivity contribution is -0.137. The first-order valence-electron chi connectivity index (χ1n) is 5.99. The SMILES string of the molecule is Fc1ccc(Br)cc1/C=N/Nc1c(Cl)cc(C(F)(F)F)cc1Cl. The average molecular weight is 430 g/mol. The van der Waals surface area contributed by atoms with E-state index >= 15 is 0 Å². The quantitative estimate of drug-likeness (QED) is 0.342. The predicted molar refractivity (Wildman–Crippen MR) is 86.8 cm³/mol. The van der Waals surface area contributed by atoms with Crippen molar-refractivity contribution in [3.63, 3.8) is 0 Å². The maximum Gasteiger partial charge on any atom is 0.416 e. The maximum absolute atomic E-state index is 13.5. The molecule has 2 aromatic carbocycles. The van der Waals surface area contributed by atoms with Gasteiger partial charge >= 0.3 is 6.18 Å². The van der Waals surface area contributed by atoms with Gasteiger partial charge in [-0.05, 0) is 30.3 Å². The van der Waals surface area contributed by atoms with E-state index in [0.717, 1.165) is 18.3 Å². The number of alkyl halides is 3. The van der Waals surface area contributed by atoms with Gasteiger partial charge < -0.3 is 0 Å². The van der Waals surface area contributed by atoms with E-state index < -0.39 is 17.6 Å². The molecule has 0 fully saturated rings. The van der Waals surface area contributed by atoms with Gasteiger partial charge in [0, 0.05) is 10.0 Å². The standard InChI is InChI=1S/C14H7BrCl2F4N2/c15-9-1-2-12(18)7(3-9)6-22-23-13-10(16)4-8(5-11(13)17)14(19,20)21/h1-6,23H/b22-6+. The third-order valence-electron chi connectivity index (χ3n) is 2.71. The first-order valence-corrected chi connectivity index (χ1v) is 7.54. The number of anilines is 1. The van der Waals surface area contributed by atoms with Gasteiger partial charge in [0.1, 0.15) is 5.82 Å². The summed E-state index contributed by atoms with van der Waals surface area (Å²) in [7, 11) is 0. The number of halogens is 7. The van der Waals surface area contributed by atoms with Crippen molar-refractivity contribution in [1.82, 2.24) is 0 Å². The van der Waals surface area contributed by atoms with Gasteiger partial charge in [-0.1, -0.05) is 39.1 Å². The molecule has 0 spiro atoms. The molecule has 0 unspecified atom stereocenters. The Bertz CT molecular complexity index is 740. The monoisotopic (exact) mass is 428 g/mol. The highest BCUT2D eigenvalue weighted by Gasteiger charge is 2.32. The van der Waals surface area contributed by atoms with Gasteiger partial charge in [0.25, 0.3) is 0 Å². The van der Waals surface area contributed by atoms with E-state index in [4.69, 9.17) is 23.2 Å². The Morgan fingerprint density at radius 2 is 1.70 bits per heavy atom. The van der Waals surface area contributed by atoms with Crippen molar-refractivity contribution in [3.05, 3.63) is 61.8 Å². The number of nitrogens with zero attached hydrogens (tertiary/aromatic N) is 1. The molecule has 0 amide bonds. The van der Waals surface area contributed by atoms with Gasteiger partial charge in [0.15, 0.2) is 0 Å². The van der Waals surface area contributed by atoms with Gasteiger partial charge in [0.05, 0.1) is 27.5 Å². The minimum atomic E-state index is -4.56. The second kappa shape index (κ2) is 7.07. The van der Waals surface area contributed by atoms with Crippen LogP contribution in [0, 0.1) is 5.82 Å². The van der Waals surface area contributed by atoms with Crippen molar-refractivity contribution in [2.75, 3.05) is 5.43 Å². The number of hydrogen-bond donors (Lipinski definition) is 1. The van der Waals surface area contributed by atoms with Crippen LogP contribution in [0.5, 0.6) is 0 Å². The Hall–Kier alpha value is -1.31. The van der Waals surface area contributed by atoms with Gasteiger partial charge in [0.2, 0.25) is 0 Å². The number of hydrogen-bond acceptors (Lipinski definition) is 2. The van der Waals surface area contributed by atoms with Crippen molar-refractivity contribution in [1.29, 1.82) is 0 Å². The molecule has 0 saturated heterocycles. The summed E-state index contributed by atoms with van der Waals surface area (Å²) in [6.07, 6.45) is -3.40. The summed E-state index contributed by atoms with van der Waals surface area (Å²) in [6.45, 7) is 0. The molecule has 0 radical (unpaired) electrons. The molecule has 2 aromatic rings. The first-order chi connectivity index (χ1) is 10.7. The summed E-state index contributed by atoms with van der Waals surface area (Å²) in [4.78, 5) is 0. The Kier molecular flexibility index (Phi) is 5.54. The van der Waals surface area contributed by atoms with E-state index in [-0.39, 0.29) is 21.3 Å². The predicted octanol–water partition coefficient (Wildman–Crippen LogP) is 6.36. The van der Waals surface area contributed by atoms with Crippen LogP contribution < -0.4 is 5.43 Å². The van der Waals surface area contributed by atoms with Crippen molar-refractivity contribution in [2.24, 2.45) is 5.10 Å². The number of benzene rings is 2. The summed E-state index contributed by atoms with van der Waals surface area (Å²) in [5, 5.41) is 3.24. The van der Waals surface area contributed by atoms with E-state index in [9.17, 15) is 17.6 Å². The van der Waals surface area contributed by atoms with Crippen LogP contribution in [0.4, 0.5) is 23.2 Å². The first kappa shape index (κ1) is 18.0. The van der Waals surface area contributed by atoms with Crippen LogP contribution in [0.1, 0.15) is 11.1 Å². The average Bonchev–Trinajstić information content (AvgIpc) is 2.44. The third kappa shape index (κ3) is 4.59. The smallest absolute Gasteiger partial charge is 0.275 e. The van der Waals surface area contributed by atoms with Crippen LogP contribution in [0.25, 0.3) is 0 Å². The number of nitrogens with one attached hydrogen (secondary N) is 1. The largest absolute Gasteiger partial charge is 0.416 e. The van der Waals surface area contributed by atoms with Gasteiger partial charge in [-0.25, -0.2) is 4.39 Å². The fraction of sp³-hybridized carbons (Fsp3) is 0.0714. The Labute approximate surface area is 147 Å². The molecule has 2 rings (SSSR count). The summed E-state index contributed by atoms with van der Waals surface area (Å²) >= 11 is 14.7. The molecule has 2 nitrogen and oxygen atoms in total. The molecule has 0 heterocycles. The molecule has 0 aromatic heterocycles. The van der Waals surface area contributed by atoms with Crippen molar-refractivity contribution >= 4 is 51.0 Å². The number of hydrazone groups is 1. The van der Waals surface area contributed by atoms with Crippen LogP contribution in [-0.4, -0.2) is 6.21 Å². The molecule has 0 saturated carbocycles. The summed E-state index contributed by atoms with van der Waals surface area (Å²) < 4.78 is 52.0. The van der Waals surface area contributed by atoms with Crippen LogP contribution in [0.2, 0.25) is 10.0 Å². The highest BCUT2D eigenvalue weighted by Crippen LogP contribution is 2.38. The molecular formula is C14H7BrCl2F4N2. The topological polar surface area (TPSA) is 24.4 Å². The van der Waals surface area contributed by atoms with E-state index in [0.29, 0.717) is 4.47 Å². The minimum absolute atomic E-state index is 0.00649. The van der Waals surface area contributed by atoms with E-state index in [1.807, 2.05) is 0 Å². The highest BCUT2D eigenvalue weighted by molar-refractivity contribution is 9.10. The molecular weight excluding hydrogens is 423 g/mol. The van der Waals surface area contributed by atoms with Crippen LogP contribution >= 0.6 is 39.1 Å². The fourth-order valence-corrected chi connectivity index (χ4v) is 2.57. The molecule has 0 aliphatic rings.